The second kappa shape index (κ2) is 8.84. The van der Waals surface area contributed by atoms with Gasteiger partial charge in [0.05, 0.1) is 23.1 Å². The molecule has 0 aliphatic carbocycles. The lowest BCUT2D eigenvalue weighted by atomic mass is 10.1. The maximum atomic E-state index is 12.9. The Kier molecular flexibility index (Phi) is 6.27. The summed E-state index contributed by atoms with van der Waals surface area (Å²) in [5, 5.41) is 18.5. The van der Waals surface area contributed by atoms with Crippen LogP contribution in [0.4, 0.5) is 5.69 Å². The highest BCUT2D eigenvalue weighted by molar-refractivity contribution is 7.99. The van der Waals surface area contributed by atoms with E-state index in [1.807, 2.05) is 49.6 Å². The second-order valence-corrected chi connectivity index (χ2v) is 7.80. The quantitative estimate of drug-likeness (QED) is 0.604. The molecule has 2 heterocycles. The van der Waals surface area contributed by atoms with Crippen molar-refractivity contribution in [1.29, 1.82) is 5.26 Å². The fraction of sp³-hybridized carbons (Fsp3) is 0.263. The van der Waals surface area contributed by atoms with Gasteiger partial charge in [-0.1, -0.05) is 30.0 Å². The molecule has 0 atom stereocenters. The molecule has 0 bridgehead atoms. The number of benzene rings is 1. The van der Waals surface area contributed by atoms with Gasteiger partial charge in [-0.15, -0.1) is 16.4 Å². The molecule has 0 radical (unpaired) electrons. The Balaban J connectivity index is 1.71. The Bertz CT molecular complexity index is 959. The minimum absolute atomic E-state index is 0.0635. The molecule has 6 nitrogen and oxygen atoms in total. The fourth-order valence-corrected chi connectivity index (χ4v) is 3.95. The zero-order valence-electron chi connectivity index (χ0n) is 15.1. The number of carbonyl (C=O) groups is 1. The van der Waals surface area contributed by atoms with Gasteiger partial charge in [-0.3, -0.25) is 9.89 Å². The molecule has 0 fully saturated rings. The summed E-state index contributed by atoms with van der Waals surface area (Å²) in [6, 6.07) is 11.9. The van der Waals surface area contributed by atoms with Crippen LogP contribution in [0.5, 0.6) is 0 Å². The molecule has 0 saturated carbocycles. The third kappa shape index (κ3) is 4.56. The van der Waals surface area contributed by atoms with E-state index in [4.69, 9.17) is 5.26 Å². The van der Waals surface area contributed by atoms with Crippen LogP contribution >= 0.6 is 23.1 Å². The minimum Gasteiger partial charge on any atom is -0.310 e. The van der Waals surface area contributed by atoms with E-state index in [1.54, 1.807) is 16.2 Å². The predicted molar refractivity (Wildman–Crippen MR) is 109 cm³/mol. The maximum absolute atomic E-state index is 12.9. The van der Waals surface area contributed by atoms with E-state index in [9.17, 15) is 4.79 Å². The van der Waals surface area contributed by atoms with Gasteiger partial charge in [0.25, 0.3) is 0 Å². The highest BCUT2D eigenvalue weighted by atomic mass is 32.2. The lowest BCUT2D eigenvalue weighted by Crippen LogP contribution is -2.34. The number of aryl methyl sites for hydroxylation is 1. The molecule has 1 aromatic carbocycles. The molecule has 0 aliphatic rings. The van der Waals surface area contributed by atoms with Crippen molar-refractivity contribution < 1.29 is 4.79 Å². The summed E-state index contributed by atoms with van der Waals surface area (Å²) in [7, 11) is 0. The normalized spacial score (nSPS) is 10.6. The largest absolute Gasteiger partial charge is 0.310 e. The van der Waals surface area contributed by atoms with Crippen LogP contribution in [0.2, 0.25) is 0 Å². The van der Waals surface area contributed by atoms with Crippen molar-refractivity contribution in [2.45, 2.75) is 25.4 Å². The maximum Gasteiger partial charge on any atom is 0.237 e. The molecular formula is C19H19N5OS2. The number of nitriles is 1. The number of aromatic nitrogens is 3. The zero-order valence-corrected chi connectivity index (χ0v) is 16.7. The molecule has 8 heteroatoms. The lowest BCUT2D eigenvalue weighted by Gasteiger charge is -2.24. The van der Waals surface area contributed by atoms with Crippen LogP contribution in [-0.2, 0) is 4.79 Å². The van der Waals surface area contributed by atoms with Crippen molar-refractivity contribution in [1.82, 2.24) is 15.2 Å². The van der Waals surface area contributed by atoms with E-state index >= 15 is 0 Å². The molecule has 0 unspecified atom stereocenters. The Labute approximate surface area is 166 Å². The number of rotatable bonds is 7. The number of aromatic amines is 1. The van der Waals surface area contributed by atoms with Crippen LogP contribution in [0.15, 0.2) is 40.9 Å². The standard InChI is InChI=1S/C19H19N5OS2/c1-13-6-3-7-15(14(13)2)24(10-5-9-20)17(25)12-27-19-21-18(22-23-19)16-8-4-11-26-16/h3-4,6-8,11H,5,10,12H2,1-2H3,(H,21,22,23). The van der Waals surface area contributed by atoms with Crippen LogP contribution in [0.3, 0.4) is 0 Å². The predicted octanol–water partition coefficient (Wildman–Crippen LogP) is 4.19. The summed E-state index contributed by atoms with van der Waals surface area (Å²) in [4.78, 5) is 20.0. The number of hydrogen-bond donors (Lipinski definition) is 1. The molecule has 3 rings (SSSR count). The molecule has 2 aromatic heterocycles. The third-order valence-electron chi connectivity index (χ3n) is 4.16. The van der Waals surface area contributed by atoms with E-state index in [-0.39, 0.29) is 18.1 Å². The van der Waals surface area contributed by atoms with Crippen molar-refractivity contribution in [3.05, 3.63) is 46.8 Å². The van der Waals surface area contributed by atoms with Gasteiger partial charge in [0.15, 0.2) is 5.82 Å². The molecular weight excluding hydrogens is 378 g/mol. The third-order valence-corrected chi connectivity index (χ3v) is 5.87. The first kappa shape index (κ1) is 19.1. The molecule has 0 saturated heterocycles. The highest BCUT2D eigenvalue weighted by Crippen LogP contribution is 2.26. The molecule has 138 valence electrons. The van der Waals surface area contributed by atoms with Gasteiger partial charge in [0.2, 0.25) is 11.1 Å². The highest BCUT2D eigenvalue weighted by Gasteiger charge is 2.19. The number of anilines is 1. The number of thiophene rings is 1. The van der Waals surface area contributed by atoms with Gasteiger partial charge in [-0.2, -0.15) is 5.26 Å². The number of carbonyl (C=O) groups excluding carboxylic acids is 1. The van der Waals surface area contributed by atoms with Crippen LogP contribution in [0, 0.1) is 25.2 Å². The van der Waals surface area contributed by atoms with E-state index in [2.05, 4.69) is 21.3 Å². The molecule has 3 aromatic rings. The van der Waals surface area contributed by atoms with Crippen LogP contribution < -0.4 is 4.90 Å². The molecule has 0 aliphatic heterocycles. The number of nitrogens with zero attached hydrogens (tertiary/aromatic N) is 4. The lowest BCUT2D eigenvalue weighted by molar-refractivity contribution is -0.116. The monoisotopic (exact) mass is 397 g/mol. The van der Waals surface area contributed by atoms with Crippen LogP contribution in [0.25, 0.3) is 10.7 Å². The fourth-order valence-electron chi connectivity index (χ4n) is 2.61. The van der Waals surface area contributed by atoms with Gasteiger partial charge in [-0.05, 0) is 42.5 Å². The number of H-pyrrole nitrogens is 1. The van der Waals surface area contributed by atoms with Gasteiger partial charge in [-0.25, -0.2) is 4.98 Å². The summed E-state index contributed by atoms with van der Waals surface area (Å²) in [6.45, 7) is 4.38. The molecule has 27 heavy (non-hydrogen) atoms. The Morgan fingerprint density at radius 1 is 1.33 bits per heavy atom. The summed E-state index contributed by atoms with van der Waals surface area (Å²) in [5.41, 5.74) is 3.02. The van der Waals surface area contributed by atoms with Crippen molar-refractivity contribution in [3.63, 3.8) is 0 Å². The van der Waals surface area contributed by atoms with Crippen LogP contribution in [0.1, 0.15) is 17.5 Å². The van der Waals surface area contributed by atoms with Gasteiger partial charge >= 0.3 is 0 Å². The van der Waals surface area contributed by atoms with Gasteiger partial charge in [0, 0.05) is 12.2 Å². The number of thioether (sulfide) groups is 1. The zero-order chi connectivity index (χ0) is 19.2. The van der Waals surface area contributed by atoms with Crippen molar-refractivity contribution in [2.75, 3.05) is 17.2 Å². The average molecular weight is 398 g/mol. The molecule has 0 spiro atoms. The Morgan fingerprint density at radius 3 is 2.93 bits per heavy atom. The molecule has 1 amide bonds. The summed E-state index contributed by atoms with van der Waals surface area (Å²) in [5.74, 6) is 0.850. The Morgan fingerprint density at radius 2 is 2.19 bits per heavy atom. The van der Waals surface area contributed by atoms with Crippen molar-refractivity contribution in [2.24, 2.45) is 0 Å². The van der Waals surface area contributed by atoms with Gasteiger partial charge in [0.1, 0.15) is 0 Å². The topological polar surface area (TPSA) is 85.7 Å². The number of nitrogens with one attached hydrogen (secondary N) is 1. The first-order valence-electron chi connectivity index (χ1n) is 8.42. The summed E-state index contributed by atoms with van der Waals surface area (Å²) in [6.07, 6.45) is 0.285. The first-order chi connectivity index (χ1) is 13.1. The second-order valence-electron chi connectivity index (χ2n) is 5.91. The summed E-state index contributed by atoms with van der Waals surface area (Å²) < 4.78 is 0. The SMILES string of the molecule is Cc1cccc(N(CCC#N)C(=O)CSc2n[nH]c(-c3cccs3)n2)c1C. The first-order valence-corrected chi connectivity index (χ1v) is 10.3. The van der Waals surface area contributed by atoms with Crippen LogP contribution in [-0.4, -0.2) is 33.4 Å². The van der Waals surface area contributed by atoms with Crippen molar-refractivity contribution >= 4 is 34.7 Å². The number of amides is 1. The number of hydrogen-bond acceptors (Lipinski definition) is 6. The van der Waals surface area contributed by atoms with E-state index in [0.717, 1.165) is 21.7 Å². The summed E-state index contributed by atoms with van der Waals surface area (Å²) >= 11 is 2.87. The molecule has 1 N–H and O–H groups in total. The van der Waals surface area contributed by atoms with Gasteiger partial charge < -0.3 is 4.90 Å². The van der Waals surface area contributed by atoms with E-state index < -0.39 is 0 Å². The minimum atomic E-state index is -0.0635. The van der Waals surface area contributed by atoms with E-state index in [1.165, 1.54) is 11.8 Å². The Hall–Kier alpha value is -2.63. The average Bonchev–Trinajstić information content (AvgIpc) is 3.34. The smallest absolute Gasteiger partial charge is 0.237 e. The van der Waals surface area contributed by atoms with E-state index in [0.29, 0.717) is 17.5 Å². The van der Waals surface area contributed by atoms with Crippen molar-refractivity contribution in [3.8, 4) is 16.8 Å².